The highest BCUT2D eigenvalue weighted by Crippen LogP contribution is 2.34. The van der Waals surface area contributed by atoms with Gasteiger partial charge in [0.15, 0.2) is 6.61 Å². The molecule has 0 radical (unpaired) electrons. The van der Waals surface area contributed by atoms with Crippen molar-refractivity contribution in [2.45, 2.75) is 46.0 Å². The van der Waals surface area contributed by atoms with Crippen LogP contribution in [0.15, 0.2) is 18.2 Å². The predicted octanol–water partition coefficient (Wildman–Crippen LogP) is 3.71. The molecule has 1 rings (SSSR count). The third-order valence-corrected chi connectivity index (χ3v) is 3.10. The Morgan fingerprint density at radius 1 is 1.19 bits per heavy atom. The number of carbonyl (C=O) groups excluding carboxylic acids is 1. The molecule has 1 aromatic rings. The van der Waals surface area contributed by atoms with E-state index in [0.717, 1.165) is 24.2 Å². The van der Waals surface area contributed by atoms with Gasteiger partial charge in [0.1, 0.15) is 11.5 Å². The Balaban J connectivity index is 2.89. The van der Waals surface area contributed by atoms with Gasteiger partial charge in [0, 0.05) is 6.07 Å². The highest BCUT2D eigenvalue weighted by atomic mass is 16.6. The maximum absolute atomic E-state index is 11.1. The third-order valence-electron chi connectivity index (χ3n) is 3.10. The van der Waals surface area contributed by atoms with E-state index in [1.807, 2.05) is 18.2 Å². The number of esters is 1. The van der Waals surface area contributed by atoms with Crippen molar-refractivity contribution in [1.82, 2.24) is 0 Å². The zero-order valence-electron chi connectivity index (χ0n) is 13.7. The Hall–Kier alpha value is -1.71. The monoisotopic (exact) mass is 294 g/mol. The number of rotatable bonds is 7. The molecule has 0 unspecified atom stereocenters. The number of carbonyl (C=O) groups is 1. The second-order valence-electron chi connectivity index (χ2n) is 5.97. The van der Waals surface area contributed by atoms with E-state index >= 15 is 0 Å². The molecule has 0 heterocycles. The van der Waals surface area contributed by atoms with Crippen molar-refractivity contribution in [2.24, 2.45) is 0 Å². The number of ether oxygens (including phenoxy) is 3. The van der Waals surface area contributed by atoms with Gasteiger partial charge in [-0.15, -0.1) is 0 Å². The minimum atomic E-state index is -0.400. The van der Waals surface area contributed by atoms with Crippen LogP contribution in [-0.4, -0.2) is 26.3 Å². The van der Waals surface area contributed by atoms with Crippen LogP contribution in [0.2, 0.25) is 0 Å². The molecule has 0 aliphatic carbocycles. The van der Waals surface area contributed by atoms with Gasteiger partial charge in [-0.2, -0.15) is 0 Å². The first-order valence-corrected chi connectivity index (χ1v) is 7.35. The summed E-state index contributed by atoms with van der Waals surface area (Å²) in [5.74, 6) is 1.03. The fourth-order valence-corrected chi connectivity index (χ4v) is 1.86. The second-order valence-corrected chi connectivity index (χ2v) is 5.97. The van der Waals surface area contributed by atoms with Crippen molar-refractivity contribution in [3.05, 3.63) is 23.8 Å². The van der Waals surface area contributed by atoms with Crippen LogP contribution in [0.3, 0.4) is 0 Å². The van der Waals surface area contributed by atoms with Gasteiger partial charge in [0.2, 0.25) is 0 Å². The molecule has 0 saturated carbocycles. The molecular weight excluding hydrogens is 268 g/mol. The zero-order valence-corrected chi connectivity index (χ0v) is 13.7. The maximum Gasteiger partial charge on any atom is 0.343 e. The van der Waals surface area contributed by atoms with Crippen LogP contribution >= 0.6 is 0 Å². The Labute approximate surface area is 127 Å². The second kappa shape index (κ2) is 7.91. The fourth-order valence-electron chi connectivity index (χ4n) is 1.86. The molecule has 0 spiro atoms. The SMILES string of the molecule is CCCCOc1cc(OCC(=O)OC)ccc1C(C)(C)C. The summed E-state index contributed by atoms with van der Waals surface area (Å²) in [6.07, 6.45) is 2.10. The molecule has 0 N–H and O–H groups in total. The first-order chi connectivity index (χ1) is 9.88. The van der Waals surface area contributed by atoms with Gasteiger partial charge in [-0.25, -0.2) is 4.79 Å². The summed E-state index contributed by atoms with van der Waals surface area (Å²) in [6.45, 7) is 9.14. The van der Waals surface area contributed by atoms with Gasteiger partial charge < -0.3 is 14.2 Å². The highest BCUT2D eigenvalue weighted by molar-refractivity contribution is 5.70. The van der Waals surface area contributed by atoms with Crippen molar-refractivity contribution in [3.63, 3.8) is 0 Å². The van der Waals surface area contributed by atoms with Gasteiger partial charge in [-0.1, -0.05) is 40.2 Å². The van der Waals surface area contributed by atoms with Crippen LogP contribution < -0.4 is 9.47 Å². The molecule has 4 nitrogen and oxygen atoms in total. The minimum Gasteiger partial charge on any atom is -0.493 e. The van der Waals surface area contributed by atoms with Gasteiger partial charge in [-0.3, -0.25) is 0 Å². The van der Waals surface area contributed by atoms with Gasteiger partial charge in [0.05, 0.1) is 13.7 Å². The molecule has 0 saturated heterocycles. The number of unbranched alkanes of at least 4 members (excludes halogenated alkanes) is 1. The molecule has 0 amide bonds. The standard InChI is InChI=1S/C17H26O4/c1-6-7-10-20-15-11-13(21-12-16(18)19-5)8-9-14(15)17(2,3)4/h8-9,11H,6-7,10,12H2,1-5H3. The van der Waals surface area contributed by atoms with E-state index in [1.165, 1.54) is 7.11 Å². The van der Waals surface area contributed by atoms with Crippen LogP contribution in [0.4, 0.5) is 0 Å². The molecule has 118 valence electrons. The molecule has 21 heavy (non-hydrogen) atoms. The molecule has 0 aromatic heterocycles. The average Bonchev–Trinajstić information content (AvgIpc) is 2.44. The van der Waals surface area contributed by atoms with E-state index in [1.54, 1.807) is 0 Å². The Morgan fingerprint density at radius 2 is 1.90 bits per heavy atom. The topological polar surface area (TPSA) is 44.8 Å². The molecule has 0 fully saturated rings. The summed E-state index contributed by atoms with van der Waals surface area (Å²) in [5, 5.41) is 0. The number of benzene rings is 1. The molecule has 4 heteroatoms. The maximum atomic E-state index is 11.1. The quantitative estimate of drug-likeness (QED) is 0.568. The molecule has 0 atom stereocenters. The van der Waals surface area contributed by atoms with Crippen molar-refractivity contribution in [3.8, 4) is 11.5 Å². The molecule has 0 bridgehead atoms. The van der Waals surface area contributed by atoms with Crippen molar-refractivity contribution in [1.29, 1.82) is 0 Å². The highest BCUT2D eigenvalue weighted by Gasteiger charge is 2.19. The van der Waals surface area contributed by atoms with Gasteiger partial charge in [-0.05, 0) is 23.5 Å². The van der Waals surface area contributed by atoms with E-state index in [-0.39, 0.29) is 12.0 Å². The lowest BCUT2D eigenvalue weighted by Gasteiger charge is -2.23. The molecule has 1 aromatic carbocycles. The Morgan fingerprint density at radius 3 is 2.48 bits per heavy atom. The van der Waals surface area contributed by atoms with Crippen molar-refractivity contribution >= 4 is 5.97 Å². The smallest absolute Gasteiger partial charge is 0.343 e. The summed E-state index contributed by atoms with van der Waals surface area (Å²) in [5.41, 5.74) is 1.12. The molecule has 0 aliphatic heterocycles. The van der Waals surface area contributed by atoms with Gasteiger partial charge >= 0.3 is 5.97 Å². The number of hydrogen-bond acceptors (Lipinski definition) is 4. The van der Waals surface area contributed by atoms with Crippen LogP contribution in [-0.2, 0) is 14.9 Å². The van der Waals surface area contributed by atoms with Crippen LogP contribution in [0.1, 0.15) is 46.1 Å². The number of methoxy groups -OCH3 is 1. The largest absolute Gasteiger partial charge is 0.493 e. The van der Waals surface area contributed by atoms with Crippen molar-refractivity contribution < 1.29 is 19.0 Å². The zero-order chi connectivity index (χ0) is 15.9. The van der Waals surface area contributed by atoms with E-state index < -0.39 is 5.97 Å². The van der Waals surface area contributed by atoms with Gasteiger partial charge in [0.25, 0.3) is 0 Å². The molecular formula is C17H26O4. The third kappa shape index (κ3) is 5.66. The Bertz CT molecular complexity index is 460. The summed E-state index contributed by atoms with van der Waals surface area (Å²) in [6, 6.07) is 5.70. The summed E-state index contributed by atoms with van der Waals surface area (Å²) in [7, 11) is 1.34. The lowest BCUT2D eigenvalue weighted by molar-refractivity contribution is -0.142. The average molecular weight is 294 g/mol. The minimum absolute atomic E-state index is 0.0115. The lowest BCUT2D eigenvalue weighted by Crippen LogP contribution is -2.15. The fraction of sp³-hybridized carbons (Fsp3) is 0.588. The van der Waals surface area contributed by atoms with Crippen molar-refractivity contribution in [2.75, 3.05) is 20.3 Å². The first-order valence-electron chi connectivity index (χ1n) is 7.35. The van der Waals surface area contributed by atoms with E-state index in [4.69, 9.17) is 9.47 Å². The normalized spacial score (nSPS) is 11.1. The summed E-state index contributed by atoms with van der Waals surface area (Å²) < 4.78 is 15.9. The van der Waals surface area contributed by atoms with Crippen LogP contribution in [0, 0.1) is 0 Å². The summed E-state index contributed by atoms with van der Waals surface area (Å²) >= 11 is 0. The van der Waals surface area contributed by atoms with E-state index in [2.05, 4.69) is 32.4 Å². The predicted molar refractivity (Wildman–Crippen MR) is 83.1 cm³/mol. The van der Waals surface area contributed by atoms with Crippen LogP contribution in [0.25, 0.3) is 0 Å². The number of hydrogen-bond donors (Lipinski definition) is 0. The van der Waals surface area contributed by atoms with E-state index in [0.29, 0.717) is 12.4 Å². The summed E-state index contributed by atoms with van der Waals surface area (Å²) in [4.78, 5) is 11.1. The first kappa shape index (κ1) is 17.3. The lowest BCUT2D eigenvalue weighted by atomic mass is 9.86. The van der Waals surface area contributed by atoms with Crippen LogP contribution in [0.5, 0.6) is 11.5 Å². The molecule has 0 aliphatic rings. The van der Waals surface area contributed by atoms with E-state index in [9.17, 15) is 4.79 Å². The Kier molecular flexibility index (Phi) is 6.53.